The minimum Gasteiger partial charge on any atom is -0.395 e. The second-order valence-corrected chi connectivity index (χ2v) is 5.97. The minimum absolute atomic E-state index is 0.0268. The Hall–Kier alpha value is -0.160. The van der Waals surface area contributed by atoms with Crippen molar-refractivity contribution in [2.75, 3.05) is 26.3 Å². The Morgan fingerprint density at radius 3 is 2.25 bits per heavy atom. The van der Waals surface area contributed by atoms with Crippen LogP contribution in [0.5, 0.6) is 0 Å². The molecule has 1 saturated heterocycles. The van der Waals surface area contributed by atoms with Crippen LogP contribution in [0.25, 0.3) is 0 Å². The molecule has 1 aliphatic heterocycles. The minimum atomic E-state index is -0.0268. The number of hydrogen-bond acceptors (Lipinski definition) is 4. The summed E-state index contributed by atoms with van der Waals surface area (Å²) in [6, 6.07) is 1.54. The zero-order valence-electron chi connectivity index (χ0n) is 9.73. The van der Waals surface area contributed by atoms with E-state index in [9.17, 15) is 0 Å². The Kier molecular flexibility index (Phi) is 2.70. The van der Waals surface area contributed by atoms with Gasteiger partial charge < -0.3 is 15.5 Å². The van der Waals surface area contributed by atoms with E-state index in [1.165, 1.54) is 25.7 Å². The molecule has 1 heterocycles. The fourth-order valence-electron chi connectivity index (χ4n) is 3.31. The first kappa shape index (κ1) is 11.0. The van der Waals surface area contributed by atoms with E-state index in [0.717, 1.165) is 25.2 Å². The lowest BCUT2D eigenvalue weighted by Gasteiger charge is -2.61. The first-order chi connectivity index (χ1) is 7.74. The van der Waals surface area contributed by atoms with Crippen LogP contribution in [-0.2, 0) is 0 Å². The Bertz CT molecular complexity index is 250. The Balaban J connectivity index is 1.40. The Labute approximate surface area is 96.6 Å². The van der Waals surface area contributed by atoms with Gasteiger partial charge in [-0.05, 0) is 31.1 Å². The zero-order valence-corrected chi connectivity index (χ0v) is 9.73. The van der Waals surface area contributed by atoms with E-state index in [-0.39, 0.29) is 19.3 Å². The second kappa shape index (κ2) is 3.95. The average molecular weight is 226 g/mol. The molecule has 3 N–H and O–H groups in total. The number of hydrogen-bond donors (Lipinski definition) is 3. The number of rotatable bonds is 5. The highest BCUT2D eigenvalue weighted by Crippen LogP contribution is 2.49. The maximum absolute atomic E-state index is 9.09. The number of nitrogens with zero attached hydrogens (tertiary/aromatic N) is 1. The fourth-order valence-corrected chi connectivity index (χ4v) is 3.31. The highest BCUT2D eigenvalue weighted by molar-refractivity contribution is 5.09. The van der Waals surface area contributed by atoms with E-state index in [1.54, 1.807) is 0 Å². The maximum Gasteiger partial charge on any atom is 0.0609 e. The molecule has 2 aliphatic carbocycles. The lowest BCUT2D eigenvalue weighted by molar-refractivity contribution is -0.115. The molecule has 0 radical (unpaired) electrons. The van der Waals surface area contributed by atoms with Gasteiger partial charge in [0.25, 0.3) is 0 Å². The molecule has 3 fully saturated rings. The zero-order chi connectivity index (χ0) is 11.2. The van der Waals surface area contributed by atoms with Crippen LogP contribution in [0.3, 0.4) is 0 Å². The van der Waals surface area contributed by atoms with Gasteiger partial charge in [-0.15, -0.1) is 0 Å². The van der Waals surface area contributed by atoms with Gasteiger partial charge in [0.15, 0.2) is 0 Å². The van der Waals surface area contributed by atoms with Gasteiger partial charge in [-0.25, -0.2) is 0 Å². The van der Waals surface area contributed by atoms with Crippen molar-refractivity contribution in [3.8, 4) is 0 Å². The molecule has 4 heteroatoms. The smallest absolute Gasteiger partial charge is 0.0609 e. The van der Waals surface area contributed by atoms with E-state index in [4.69, 9.17) is 10.2 Å². The normalized spacial score (nSPS) is 29.4. The summed E-state index contributed by atoms with van der Waals surface area (Å²) in [6.45, 7) is 2.30. The van der Waals surface area contributed by atoms with Crippen molar-refractivity contribution in [1.29, 1.82) is 0 Å². The summed E-state index contributed by atoms with van der Waals surface area (Å²) < 4.78 is 0. The van der Waals surface area contributed by atoms with Gasteiger partial charge >= 0.3 is 0 Å². The summed E-state index contributed by atoms with van der Waals surface area (Å²) in [5.41, 5.74) is 0.523. The molecule has 0 aromatic rings. The van der Waals surface area contributed by atoms with Crippen molar-refractivity contribution in [2.45, 2.75) is 43.8 Å². The molecule has 4 nitrogen and oxygen atoms in total. The van der Waals surface area contributed by atoms with Gasteiger partial charge in [0.05, 0.1) is 19.3 Å². The van der Waals surface area contributed by atoms with Gasteiger partial charge in [0.2, 0.25) is 0 Å². The van der Waals surface area contributed by atoms with Crippen molar-refractivity contribution in [2.24, 2.45) is 5.41 Å². The SMILES string of the molecule is OCC(CO)N1CC2(CC(NC3CC3)C2)C1. The van der Waals surface area contributed by atoms with Gasteiger partial charge in [-0.1, -0.05) is 0 Å². The molecule has 3 aliphatic rings. The predicted octanol–water partition coefficient (Wildman–Crippen LogP) is -0.444. The van der Waals surface area contributed by atoms with Gasteiger partial charge in [0.1, 0.15) is 0 Å². The Morgan fingerprint density at radius 1 is 1.12 bits per heavy atom. The predicted molar refractivity (Wildman–Crippen MR) is 61.1 cm³/mol. The molecule has 1 spiro atoms. The third kappa shape index (κ3) is 1.88. The number of aliphatic hydroxyl groups is 2. The van der Waals surface area contributed by atoms with E-state index < -0.39 is 0 Å². The lowest BCUT2D eigenvalue weighted by atomic mass is 9.60. The number of nitrogens with one attached hydrogen (secondary N) is 1. The highest BCUT2D eigenvalue weighted by atomic mass is 16.3. The van der Waals surface area contributed by atoms with Crippen LogP contribution in [0, 0.1) is 5.41 Å². The molecular formula is C12H22N2O2. The summed E-state index contributed by atoms with van der Waals surface area (Å²) in [6.07, 6.45) is 5.33. The van der Waals surface area contributed by atoms with Crippen LogP contribution >= 0.6 is 0 Å². The topological polar surface area (TPSA) is 55.7 Å². The molecule has 0 aromatic carbocycles. The summed E-state index contributed by atoms with van der Waals surface area (Å²) >= 11 is 0. The third-order valence-corrected chi connectivity index (χ3v) is 4.42. The molecule has 0 bridgehead atoms. The standard InChI is InChI=1S/C12H22N2O2/c15-5-11(6-16)14-7-12(8-14)3-10(4-12)13-9-1-2-9/h9-11,13,15-16H,1-8H2. The molecule has 16 heavy (non-hydrogen) atoms. The van der Waals surface area contributed by atoms with E-state index in [0.29, 0.717) is 5.41 Å². The van der Waals surface area contributed by atoms with Crippen LogP contribution in [-0.4, -0.2) is 59.5 Å². The van der Waals surface area contributed by atoms with Crippen LogP contribution in [0.15, 0.2) is 0 Å². The summed E-state index contributed by atoms with van der Waals surface area (Å²) in [4.78, 5) is 2.22. The third-order valence-electron chi connectivity index (χ3n) is 4.42. The lowest BCUT2D eigenvalue weighted by Crippen LogP contribution is -2.69. The van der Waals surface area contributed by atoms with E-state index >= 15 is 0 Å². The fraction of sp³-hybridized carbons (Fsp3) is 1.00. The Morgan fingerprint density at radius 2 is 1.75 bits per heavy atom. The van der Waals surface area contributed by atoms with Crippen LogP contribution in [0.1, 0.15) is 25.7 Å². The van der Waals surface area contributed by atoms with Gasteiger partial charge in [0, 0.05) is 25.2 Å². The monoisotopic (exact) mass is 226 g/mol. The maximum atomic E-state index is 9.09. The highest BCUT2D eigenvalue weighted by Gasteiger charge is 2.53. The molecular weight excluding hydrogens is 204 g/mol. The van der Waals surface area contributed by atoms with E-state index in [2.05, 4.69) is 10.2 Å². The quantitative estimate of drug-likeness (QED) is 0.595. The molecule has 0 unspecified atom stereocenters. The first-order valence-corrected chi connectivity index (χ1v) is 6.46. The summed E-state index contributed by atoms with van der Waals surface area (Å²) in [5.74, 6) is 0. The largest absolute Gasteiger partial charge is 0.395 e. The molecule has 2 saturated carbocycles. The molecule has 92 valence electrons. The second-order valence-electron chi connectivity index (χ2n) is 5.97. The van der Waals surface area contributed by atoms with Crippen molar-refractivity contribution in [1.82, 2.24) is 10.2 Å². The van der Waals surface area contributed by atoms with Crippen molar-refractivity contribution < 1.29 is 10.2 Å². The summed E-state index contributed by atoms with van der Waals surface area (Å²) in [5, 5.41) is 21.8. The van der Waals surface area contributed by atoms with Gasteiger partial charge in [-0.2, -0.15) is 0 Å². The van der Waals surface area contributed by atoms with Crippen molar-refractivity contribution in [3.63, 3.8) is 0 Å². The first-order valence-electron chi connectivity index (χ1n) is 6.46. The van der Waals surface area contributed by atoms with Crippen LogP contribution in [0.2, 0.25) is 0 Å². The van der Waals surface area contributed by atoms with Crippen LogP contribution < -0.4 is 5.32 Å². The van der Waals surface area contributed by atoms with Gasteiger partial charge in [-0.3, -0.25) is 4.90 Å². The molecule has 0 aromatic heterocycles. The number of aliphatic hydroxyl groups excluding tert-OH is 2. The van der Waals surface area contributed by atoms with Crippen LogP contribution in [0.4, 0.5) is 0 Å². The summed E-state index contributed by atoms with van der Waals surface area (Å²) in [7, 11) is 0. The molecule has 0 atom stereocenters. The van der Waals surface area contributed by atoms with Crippen molar-refractivity contribution in [3.05, 3.63) is 0 Å². The molecule has 0 amide bonds. The molecule has 3 rings (SSSR count). The number of likely N-dealkylation sites (tertiary alicyclic amines) is 1. The van der Waals surface area contributed by atoms with Crippen molar-refractivity contribution >= 4 is 0 Å². The van der Waals surface area contributed by atoms with E-state index in [1.807, 2.05) is 0 Å². The average Bonchev–Trinajstić information content (AvgIpc) is 2.95.